The van der Waals surface area contributed by atoms with Crippen molar-refractivity contribution in [1.29, 1.82) is 0 Å². The molecule has 27 heavy (non-hydrogen) atoms. The minimum atomic E-state index is -0.284. The predicted octanol–water partition coefficient (Wildman–Crippen LogP) is 3.23. The normalized spacial score (nSPS) is 13.3. The number of rotatable bonds is 3. The van der Waals surface area contributed by atoms with Crippen LogP contribution in [-0.2, 0) is 19.9 Å². The van der Waals surface area contributed by atoms with Gasteiger partial charge in [0.05, 0.1) is 12.0 Å². The lowest BCUT2D eigenvalue weighted by Crippen LogP contribution is -2.09. The minimum absolute atomic E-state index is 0.284. The Morgan fingerprint density at radius 3 is 2.70 bits per heavy atom. The van der Waals surface area contributed by atoms with E-state index in [1.54, 1.807) is 18.5 Å². The quantitative estimate of drug-likeness (QED) is 0.605. The summed E-state index contributed by atoms with van der Waals surface area (Å²) in [4.78, 5) is 13.8. The van der Waals surface area contributed by atoms with E-state index in [1.807, 2.05) is 16.3 Å². The molecule has 0 bridgehead atoms. The lowest BCUT2D eigenvalue weighted by molar-refractivity contribution is 0.628. The van der Waals surface area contributed by atoms with E-state index in [2.05, 4.69) is 27.2 Å². The monoisotopic (exact) mass is 363 g/mol. The van der Waals surface area contributed by atoms with E-state index in [4.69, 9.17) is 5.10 Å². The molecule has 1 aromatic carbocycles. The second kappa shape index (κ2) is 5.87. The van der Waals surface area contributed by atoms with Crippen molar-refractivity contribution < 1.29 is 4.39 Å². The van der Waals surface area contributed by atoms with Gasteiger partial charge in [0.25, 0.3) is 5.95 Å². The van der Waals surface area contributed by atoms with Gasteiger partial charge in [-0.2, -0.15) is 15.1 Å². The van der Waals surface area contributed by atoms with E-state index in [-0.39, 0.29) is 5.82 Å². The number of anilines is 2. The number of nitrogens with zero attached hydrogens (tertiary/aromatic N) is 6. The Bertz CT molecular complexity index is 1160. The third kappa shape index (κ3) is 2.56. The van der Waals surface area contributed by atoms with Crippen LogP contribution in [0.15, 0.2) is 30.6 Å². The molecule has 0 aliphatic heterocycles. The third-order valence-corrected chi connectivity index (χ3v) is 5.01. The summed E-state index contributed by atoms with van der Waals surface area (Å²) < 4.78 is 16.9. The van der Waals surface area contributed by atoms with Crippen LogP contribution in [0.25, 0.3) is 17.1 Å². The summed E-state index contributed by atoms with van der Waals surface area (Å²) >= 11 is 0. The van der Waals surface area contributed by atoms with Gasteiger partial charge in [-0.15, -0.1) is 0 Å². The number of aryl methyl sites for hydroxylation is 2. The first kappa shape index (κ1) is 15.9. The molecule has 0 saturated heterocycles. The van der Waals surface area contributed by atoms with Crippen LogP contribution in [0.3, 0.4) is 0 Å². The van der Waals surface area contributed by atoms with Crippen LogP contribution in [0.5, 0.6) is 0 Å². The van der Waals surface area contributed by atoms with Crippen molar-refractivity contribution in [3.8, 4) is 5.95 Å². The molecule has 3 aromatic heterocycles. The number of imidazole rings is 1. The lowest BCUT2D eigenvalue weighted by atomic mass is 10.2. The number of hydrogen-bond donors (Lipinski definition) is 1. The number of aromatic nitrogens is 6. The molecule has 5 rings (SSSR count). The van der Waals surface area contributed by atoms with Gasteiger partial charge in [-0.05, 0) is 56.0 Å². The molecule has 0 fully saturated rings. The second-order valence-electron chi connectivity index (χ2n) is 6.81. The van der Waals surface area contributed by atoms with Gasteiger partial charge in [-0.3, -0.25) is 0 Å². The van der Waals surface area contributed by atoms with Crippen molar-refractivity contribution in [2.45, 2.75) is 26.2 Å². The van der Waals surface area contributed by atoms with Crippen LogP contribution in [-0.4, -0.2) is 29.3 Å². The fourth-order valence-corrected chi connectivity index (χ4v) is 3.59. The highest BCUT2D eigenvalue weighted by atomic mass is 19.1. The average molecular weight is 363 g/mol. The van der Waals surface area contributed by atoms with Crippen molar-refractivity contribution in [2.75, 3.05) is 5.32 Å². The van der Waals surface area contributed by atoms with E-state index in [0.29, 0.717) is 22.9 Å². The van der Waals surface area contributed by atoms with Gasteiger partial charge in [0.2, 0.25) is 0 Å². The van der Waals surface area contributed by atoms with Crippen molar-refractivity contribution in [1.82, 2.24) is 29.3 Å². The molecule has 1 N–H and O–H groups in total. The van der Waals surface area contributed by atoms with Gasteiger partial charge in [-0.1, -0.05) is 0 Å². The highest BCUT2D eigenvalue weighted by molar-refractivity contribution is 5.86. The SMILES string of the molecule is Cc1c2c(nn1-c1nc(Nc3ccc(F)cc3)c3ncn(C)c3n1)CCC2. The Kier molecular flexibility index (Phi) is 3.46. The van der Waals surface area contributed by atoms with E-state index in [1.165, 1.54) is 17.7 Å². The van der Waals surface area contributed by atoms with Gasteiger partial charge in [0, 0.05) is 18.4 Å². The Balaban J connectivity index is 1.65. The first-order valence-electron chi connectivity index (χ1n) is 8.89. The highest BCUT2D eigenvalue weighted by Gasteiger charge is 2.22. The molecule has 4 aromatic rings. The summed E-state index contributed by atoms with van der Waals surface area (Å²) in [7, 11) is 1.89. The van der Waals surface area contributed by atoms with Crippen LogP contribution in [0, 0.1) is 12.7 Å². The van der Waals surface area contributed by atoms with Crippen molar-refractivity contribution in [2.24, 2.45) is 7.05 Å². The maximum atomic E-state index is 13.2. The molecule has 0 saturated carbocycles. The van der Waals surface area contributed by atoms with Gasteiger partial charge >= 0.3 is 0 Å². The molecule has 7 nitrogen and oxygen atoms in total. The van der Waals surface area contributed by atoms with E-state index >= 15 is 0 Å². The summed E-state index contributed by atoms with van der Waals surface area (Å²) in [6.45, 7) is 2.06. The van der Waals surface area contributed by atoms with E-state index < -0.39 is 0 Å². The topological polar surface area (TPSA) is 73.5 Å². The molecule has 136 valence electrons. The molecular formula is C19H18FN7. The summed E-state index contributed by atoms with van der Waals surface area (Å²) in [5.41, 5.74) is 5.61. The summed E-state index contributed by atoms with van der Waals surface area (Å²) in [5, 5.41) is 7.96. The van der Waals surface area contributed by atoms with E-state index in [0.717, 1.165) is 36.3 Å². The maximum absolute atomic E-state index is 13.2. The summed E-state index contributed by atoms with van der Waals surface area (Å²) in [6, 6.07) is 6.14. The zero-order valence-corrected chi connectivity index (χ0v) is 15.1. The fraction of sp³-hybridized carbons (Fsp3) is 0.263. The van der Waals surface area contributed by atoms with Crippen LogP contribution >= 0.6 is 0 Å². The van der Waals surface area contributed by atoms with Crippen molar-refractivity contribution >= 4 is 22.7 Å². The maximum Gasteiger partial charge on any atom is 0.254 e. The molecule has 1 aliphatic rings. The molecule has 0 atom stereocenters. The first-order valence-corrected chi connectivity index (χ1v) is 8.89. The molecule has 1 aliphatic carbocycles. The summed E-state index contributed by atoms with van der Waals surface area (Å²) in [6.07, 6.45) is 4.90. The van der Waals surface area contributed by atoms with Gasteiger partial charge in [0.1, 0.15) is 5.82 Å². The molecule has 8 heteroatoms. The molecule has 0 spiro atoms. The Morgan fingerprint density at radius 2 is 1.93 bits per heavy atom. The Morgan fingerprint density at radius 1 is 1.11 bits per heavy atom. The molecule has 3 heterocycles. The lowest BCUT2D eigenvalue weighted by Gasteiger charge is -2.10. The molecular weight excluding hydrogens is 345 g/mol. The van der Waals surface area contributed by atoms with Crippen LogP contribution in [0.1, 0.15) is 23.4 Å². The number of hydrogen-bond acceptors (Lipinski definition) is 5. The van der Waals surface area contributed by atoms with Gasteiger partial charge in [0.15, 0.2) is 17.0 Å². The van der Waals surface area contributed by atoms with E-state index in [9.17, 15) is 4.39 Å². The van der Waals surface area contributed by atoms with Gasteiger partial charge < -0.3 is 9.88 Å². The van der Waals surface area contributed by atoms with Crippen LogP contribution < -0.4 is 5.32 Å². The number of halogens is 1. The number of benzene rings is 1. The molecule has 0 amide bonds. The third-order valence-electron chi connectivity index (χ3n) is 5.01. The standard InChI is InChI=1S/C19H18FN7/c1-11-14-4-3-5-15(14)25-27(11)19-23-17(16-18(24-19)26(2)10-21-16)22-13-8-6-12(20)7-9-13/h6-10H,3-5H2,1-2H3,(H,22,23,24). The fourth-order valence-electron chi connectivity index (χ4n) is 3.59. The van der Waals surface area contributed by atoms with Gasteiger partial charge in [-0.25, -0.2) is 14.1 Å². The summed E-state index contributed by atoms with van der Waals surface area (Å²) in [5.74, 6) is 0.786. The zero-order chi connectivity index (χ0) is 18.5. The van der Waals surface area contributed by atoms with Crippen LogP contribution in [0.4, 0.5) is 15.9 Å². The zero-order valence-electron chi connectivity index (χ0n) is 15.1. The Labute approximate surface area is 154 Å². The average Bonchev–Trinajstić information content (AvgIpc) is 3.35. The number of fused-ring (bicyclic) bond motifs is 2. The van der Waals surface area contributed by atoms with Crippen molar-refractivity contribution in [3.05, 3.63) is 53.4 Å². The molecule has 0 radical (unpaired) electrons. The van der Waals surface area contributed by atoms with Crippen molar-refractivity contribution in [3.63, 3.8) is 0 Å². The minimum Gasteiger partial charge on any atom is -0.338 e. The molecule has 0 unspecified atom stereocenters. The smallest absolute Gasteiger partial charge is 0.254 e. The number of nitrogens with one attached hydrogen (secondary N) is 1. The second-order valence-corrected chi connectivity index (χ2v) is 6.81. The largest absolute Gasteiger partial charge is 0.338 e. The predicted molar refractivity (Wildman–Crippen MR) is 99.9 cm³/mol. The first-order chi connectivity index (χ1) is 13.1. The Hall–Kier alpha value is -3.29. The van der Waals surface area contributed by atoms with Crippen LogP contribution in [0.2, 0.25) is 0 Å². The highest BCUT2D eigenvalue weighted by Crippen LogP contribution is 2.28.